The Morgan fingerprint density at radius 1 is 1.53 bits per heavy atom. The minimum atomic E-state index is 0.218. The number of aryl methyl sites for hydroxylation is 1. The first-order valence-electron chi connectivity index (χ1n) is 5.00. The molecule has 84 valence electrons. The zero-order chi connectivity index (χ0) is 11.3. The SMILES string of the molecule is Cc1cc(NC(C)CCCO)nc(Cl)n1. The van der Waals surface area contributed by atoms with Gasteiger partial charge in [0.1, 0.15) is 5.82 Å². The molecule has 2 N–H and O–H groups in total. The number of aliphatic hydroxyl groups is 1. The van der Waals surface area contributed by atoms with Gasteiger partial charge in [0.05, 0.1) is 0 Å². The second kappa shape index (κ2) is 5.88. The molecule has 1 aromatic rings. The number of halogens is 1. The van der Waals surface area contributed by atoms with Crippen molar-refractivity contribution in [2.45, 2.75) is 32.7 Å². The van der Waals surface area contributed by atoms with Crippen LogP contribution in [0.15, 0.2) is 6.07 Å². The minimum Gasteiger partial charge on any atom is -0.396 e. The van der Waals surface area contributed by atoms with E-state index in [4.69, 9.17) is 16.7 Å². The molecule has 4 nitrogen and oxygen atoms in total. The molecule has 15 heavy (non-hydrogen) atoms. The van der Waals surface area contributed by atoms with Crippen LogP contribution in [0.1, 0.15) is 25.5 Å². The van der Waals surface area contributed by atoms with Gasteiger partial charge in [0.15, 0.2) is 0 Å². The van der Waals surface area contributed by atoms with Crippen molar-refractivity contribution in [3.63, 3.8) is 0 Å². The third-order valence-corrected chi connectivity index (χ3v) is 2.19. The quantitative estimate of drug-likeness (QED) is 0.759. The van der Waals surface area contributed by atoms with Gasteiger partial charge in [-0.05, 0) is 38.3 Å². The zero-order valence-electron chi connectivity index (χ0n) is 9.00. The molecular weight excluding hydrogens is 214 g/mol. The summed E-state index contributed by atoms with van der Waals surface area (Å²) >= 11 is 5.74. The largest absolute Gasteiger partial charge is 0.396 e. The van der Waals surface area contributed by atoms with Crippen molar-refractivity contribution in [1.29, 1.82) is 0 Å². The van der Waals surface area contributed by atoms with Crippen molar-refractivity contribution in [2.24, 2.45) is 0 Å². The first kappa shape index (κ1) is 12.2. The minimum absolute atomic E-state index is 0.218. The Bertz CT molecular complexity index is 299. The van der Waals surface area contributed by atoms with E-state index in [0.717, 1.165) is 24.4 Å². The van der Waals surface area contributed by atoms with Crippen molar-refractivity contribution in [2.75, 3.05) is 11.9 Å². The van der Waals surface area contributed by atoms with E-state index in [-0.39, 0.29) is 17.9 Å². The van der Waals surface area contributed by atoms with Crippen LogP contribution in [0.4, 0.5) is 5.82 Å². The van der Waals surface area contributed by atoms with E-state index in [9.17, 15) is 0 Å². The van der Waals surface area contributed by atoms with Crippen LogP contribution in [-0.4, -0.2) is 27.7 Å². The lowest BCUT2D eigenvalue weighted by Crippen LogP contribution is -2.16. The van der Waals surface area contributed by atoms with Crippen molar-refractivity contribution >= 4 is 17.4 Å². The van der Waals surface area contributed by atoms with Crippen LogP contribution < -0.4 is 5.32 Å². The molecule has 5 heteroatoms. The molecule has 1 rings (SSSR count). The van der Waals surface area contributed by atoms with E-state index in [0.29, 0.717) is 0 Å². The van der Waals surface area contributed by atoms with Crippen LogP contribution in [0.5, 0.6) is 0 Å². The van der Waals surface area contributed by atoms with E-state index in [2.05, 4.69) is 15.3 Å². The van der Waals surface area contributed by atoms with Gasteiger partial charge >= 0.3 is 0 Å². The molecule has 0 aliphatic rings. The van der Waals surface area contributed by atoms with Gasteiger partial charge < -0.3 is 10.4 Å². The fourth-order valence-corrected chi connectivity index (χ4v) is 1.55. The Kier molecular flexibility index (Phi) is 4.78. The second-order valence-electron chi connectivity index (χ2n) is 3.57. The smallest absolute Gasteiger partial charge is 0.224 e. The van der Waals surface area contributed by atoms with Crippen LogP contribution in [0.25, 0.3) is 0 Å². The van der Waals surface area contributed by atoms with Crippen LogP contribution in [0.2, 0.25) is 5.28 Å². The fraction of sp³-hybridized carbons (Fsp3) is 0.600. The molecule has 1 aromatic heterocycles. The Balaban J connectivity index is 2.56. The summed E-state index contributed by atoms with van der Waals surface area (Å²) in [5, 5.41) is 12.2. The van der Waals surface area contributed by atoms with Gasteiger partial charge in [-0.2, -0.15) is 0 Å². The first-order valence-corrected chi connectivity index (χ1v) is 5.38. The maximum absolute atomic E-state index is 8.69. The number of nitrogens with one attached hydrogen (secondary N) is 1. The molecule has 0 fully saturated rings. The van der Waals surface area contributed by atoms with E-state index in [1.54, 1.807) is 0 Å². The standard InChI is InChI=1S/C10H16ClN3O/c1-7(4-3-5-15)12-9-6-8(2)13-10(11)14-9/h6-7,15H,3-5H2,1-2H3,(H,12,13,14). The number of hydrogen-bond donors (Lipinski definition) is 2. The number of aliphatic hydroxyl groups excluding tert-OH is 1. The van der Waals surface area contributed by atoms with Crippen molar-refractivity contribution in [3.05, 3.63) is 17.0 Å². The molecule has 0 saturated heterocycles. The Morgan fingerprint density at radius 3 is 2.87 bits per heavy atom. The summed E-state index contributed by atoms with van der Waals surface area (Å²) in [6.07, 6.45) is 1.68. The Morgan fingerprint density at radius 2 is 2.27 bits per heavy atom. The highest BCUT2D eigenvalue weighted by Gasteiger charge is 2.04. The molecule has 0 radical (unpaired) electrons. The summed E-state index contributed by atoms with van der Waals surface area (Å²) in [5.74, 6) is 0.734. The van der Waals surface area contributed by atoms with Crippen molar-refractivity contribution in [3.8, 4) is 0 Å². The maximum Gasteiger partial charge on any atom is 0.224 e. The lowest BCUT2D eigenvalue weighted by molar-refractivity contribution is 0.282. The summed E-state index contributed by atoms with van der Waals surface area (Å²) in [4.78, 5) is 8.04. The van der Waals surface area contributed by atoms with Crippen LogP contribution in [0.3, 0.4) is 0 Å². The highest BCUT2D eigenvalue weighted by molar-refractivity contribution is 6.28. The first-order chi connectivity index (χ1) is 7.11. The molecule has 0 spiro atoms. The average molecular weight is 230 g/mol. The number of aromatic nitrogens is 2. The molecule has 0 bridgehead atoms. The second-order valence-corrected chi connectivity index (χ2v) is 3.91. The zero-order valence-corrected chi connectivity index (χ0v) is 9.75. The van der Waals surface area contributed by atoms with Crippen LogP contribution in [0, 0.1) is 6.92 Å². The third kappa shape index (κ3) is 4.44. The Labute approximate surface area is 94.7 Å². The number of hydrogen-bond acceptors (Lipinski definition) is 4. The molecule has 0 amide bonds. The molecule has 0 aliphatic heterocycles. The van der Waals surface area contributed by atoms with Gasteiger partial charge in [0.2, 0.25) is 5.28 Å². The summed E-state index contributed by atoms with van der Waals surface area (Å²) < 4.78 is 0. The van der Waals surface area contributed by atoms with E-state index in [1.165, 1.54) is 0 Å². The summed E-state index contributed by atoms with van der Waals surface area (Å²) in [7, 11) is 0. The van der Waals surface area contributed by atoms with Crippen molar-refractivity contribution in [1.82, 2.24) is 9.97 Å². The molecule has 1 atom stereocenters. The highest BCUT2D eigenvalue weighted by atomic mass is 35.5. The predicted octanol–water partition coefficient (Wildman–Crippen LogP) is 2.01. The average Bonchev–Trinajstić information content (AvgIpc) is 2.13. The topological polar surface area (TPSA) is 58.0 Å². The predicted molar refractivity (Wildman–Crippen MR) is 61.2 cm³/mol. The van der Waals surface area contributed by atoms with Crippen LogP contribution >= 0.6 is 11.6 Å². The lowest BCUT2D eigenvalue weighted by atomic mass is 10.2. The van der Waals surface area contributed by atoms with Gasteiger partial charge in [-0.1, -0.05) is 0 Å². The monoisotopic (exact) mass is 229 g/mol. The number of nitrogens with zero attached hydrogens (tertiary/aromatic N) is 2. The van der Waals surface area contributed by atoms with E-state index >= 15 is 0 Å². The van der Waals surface area contributed by atoms with E-state index in [1.807, 2.05) is 19.9 Å². The molecular formula is C10H16ClN3O. The molecule has 0 aliphatic carbocycles. The summed E-state index contributed by atoms with van der Waals surface area (Å²) in [6, 6.07) is 2.11. The Hall–Kier alpha value is -0.870. The third-order valence-electron chi connectivity index (χ3n) is 2.02. The summed E-state index contributed by atoms with van der Waals surface area (Å²) in [6.45, 7) is 4.13. The van der Waals surface area contributed by atoms with E-state index < -0.39 is 0 Å². The van der Waals surface area contributed by atoms with Gasteiger partial charge in [-0.3, -0.25) is 0 Å². The van der Waals surface area contributed by atoms with Gasteiger partial charge in [0.25, 0.3) is 0 Å². The lowest BCUT2D eigenvalue weighted by Gasteiger charge is -2.13. The number of anilines is 1. The molecule has 0 saturated carbocycles. The fourth-order valence-electron chi connectivity index (χ4n) is 1.33. The number of rotatable bonds is 5. The van der Waals surface area contributed by atoms with Gasteiger partial charge in [-0.25, -0.2) is 9.97 Å². The highest BCUT2D eigenvalue weighted by Crippen LogP contribution is 2.12. The molecule has 0 aromatic carbocycles. The van der Waals surface area contributed by atoms with Crippen molar-refractivity contribution < 1.29 is 5.11 Å². The molecule has 1 unspecified atom stereocenters. The molecule has 1 heterocycles. The normalized spacial score (nSPS) is 12.5. The van der Waals surface area contributed by atoms with Gasteiger partial charge in [0, 0.05) is 24.4 Å². The van der Waals surface area contributed by atoms with Crippen LogP contribution in [-0.2, 0) is 0 Å². The van der Waals surface area contributed by atoms with Gasteiger partial charge in [-0.15, -0.1) is 0 Å². The summed E-state index contributed by atoms with van der Waals surface area (Å²) in [5.41, 5.74) is 0.840. The maximum atomic E-state index is 8.69.